The van der Waals surface area contributed by atoms with Gasteiger partial charge in [-0.25, -0.2) is 0 Å². The summed E-state index contributed by atoms with van der Waals surface area (Å²) < 4.78 is 1.98. The third-order valence-electron chi connectivity index (χ3n) is 5.18. The zero-order valence-electron chi connectivity index (χ0n) is 17.4. The molecule has 3 aromatic carbocycles. The number of carbonyl (C=O) groups is 1. The Morgan fingerprint density at radius 3 is 2.58 bits per heavy atom. The number of amides is 1. The maximum atomic E-state index is 12.8. The average molecular weight is 451 g/mol. The summed E-state index contributed by atoms with van der Waals surface area (Å²) in [5.74, 6) is 0.806. The molecule has 0 aliphatic heterocycles. The Bertz CT molecular complexity index is 1200. The summed E-state index contributed by atoms with van der Waals surface area (Å²) in [6, 6.07) is 21.7. The van der Waals surface area contributed by atoms with E-state index in [1.807, 2.05) is 24.6 Å². The van der Waals surface area contributed by atoms with E-state index in [4.69, 9.17) is 11.6 Å². The van der Waals surface area contributed by atoms with Crippen molar-refractivity contribution in [2.75, 3.05) is 5.32 Å². The average Bonchev–Trinajstić information content (AvgIpc) is 3.13. The fraction of sp³-hybridized carbons (Fsp3) is 0.208. The van der Waals surface area contributed by atoms with Gasteiger partial charge in [0.2, 0.25) is 5.91 Å². The fourth-order valence-electron chi connectivity index (χ4n) is 3.42. The van der Waals surface area contributed by atoms with Crippen molar-refractivity contribution in [2.24, 2.45) is 7.05 Å². The topological polar surface area (TPSA) is 59.8 Å². The van der Waals surface area contributed by atoms with Crippen LogP contribution in [0.4, 0.5) is 5.69 Å². The summed E-state index contributed by atoms with van der Waals surface area (Å²) in [5.41, 5.74) is 1.93. The third kappa shape index (κ3) is 4.92. The molecule has 1 amide bonds. The Morgan fingerprint density at radius 2 is 1.81 bits per heavy atom. The van der Waals surface area contributed by atoms with Gasteiger partial charge >= 0.3 is 0 Å². The zero-order chi connectivity index (χ0) is 21.8. The number of hydrogen-bond donors (Lipinski definition) is 1. The molecule has 5 nitrogen and oxygen atoms in total. The number of aromatic nitrogens is 3. The molecule has 158 valence electrons. The molecule has 4 rings (SSSR count). The van der Waals surface area contributed by atoms with Gasteiger partial charge in [0.15, 0.2) is 5.16 Å². The van der Waals surface area contributed by atoms with Gasteiger partial charge in [-0.3, -0.25) is 4.79 Å². The Kier molecular flexibility index (Phi) is 6.59. The Balaban J connectivity index is 1.49. The number of benzene rings is 3. The molecule has 1 aromatic heterocycles. The lowest BCUT2D eigenvalue weighted by atomic mass is 10.0. The summed E-state index contributed by atoms with van der Waals surface area (Å²) in [4.78, 5) is 12.8. The third-order valence-corrected chi connectivity index (χ3v) is 6.83. The highest BCUT2D eigenvalue weighted by atomic mass is 35.5. The maximum absolute atomic E-state index is 12.8. The van der Waals surface area contributed by atoms with E-state index in [1.54, 1.807) is 24.3 Å². The second-order valence-electron chi connectivity index (χ2n) is 7.28. The first-order valence-corrected chi connectivity index (χ1v) is 11.4. The van der Waals surface area contributed by atoms with E-state index < -0.39 is 0 Å². The zero-order valence-corrected chi connectivity index (χ0v) is 19.0. The second kappa shape index (κ2) is 9.54. The molecule has 1 atom stereocenters. The minimum absolute atomic E-state index is 0.0616. The summed E-state index contributed by atoms with van der Waals surface area (Å²) >= 11 is 7.35. The number of halogens is 1. The molecule has 31 heavy (non-hydrogen) atoms. The lowest BCUT2D eigenvalue weighted by Gasteiger charge is -2.14. The van der Waals surface area contributed by atoms with E-state index in [0.717, 1.165) is 16.7 Å². The van der Waals surface area contributed by atoms with Gasteiger partial charge in [0.05, 0.1) is 5.25 Å². The number of fused-ring (bicyclic) bond motifs is 1. The van der Waals surface area contributed by atoms with Crippen LogP contribution in [0, 0.1) is 0 Å². The van der Waals surface area contributed by atoms with Crippen molar-refractivity contribution in [3.05, 3.63) is 83.1 Å². The summed E-state index contributed by atoms with van der Waals surface area (Å²) in [6.45, 7) is 1.99. The van der Waals surface area contributed by atoms with Gasteiger partial charge in [-0.05, 0) is 47.0 Å². The quantitative estimate of drug-likeness (QED) is 0.366. The molecule has 0 unspecified atom stereocenters. The Hall–Kier alpha value is -2.83. The SMILES string of the molecule is CC[C@@H](Sc1nnc(Cc2cccc3ccccc23)n1C)C(=O)Nc1ccc(Cl)cc1. The molecule has 1 heterocycles. The fourth-order valence-corrected chi connectivity index (χ4v) is 4.49. The molecular formula is C24H23ClN4OS. The minimum atomic E-state index is -0.274. The predicted molar refractivity (Wildman–Crippen MR) is 128 cm³/mol. The minimum Gasteiger partial charge on any atom is -0.325 e. The molecule has 1 N–H and O–H groups in total. The molecule has 0 fully saturated rings. The molecule has 7 heteroatoms. The molecule has 4 aromatic rings. The van der Waals surface area contributed by atoms with E-state index in [-0.39, 0.29) is 11.2 Å². The lowest BCUT2D eigenvalue weighted by molar-refractivity contribution is -0.115. The maximum Gasteiger partial charge on any atom is 0.237 e. The van der Waals surface area contributed by atoms with Crippen molar-refractivity contribution in [1.82, 2.24) is 14.8 Å². The van der Waals surface area contributed by atoms with Crippen LogP contribution < -0.4 is 5.32 Å². The number of nitrogens with one attached hydrogen (secondary N) is 1. The number of thioether (sulfide) groups is 1. The van der Waals surface area contributed by atoms with E-state index in [1.165, 1.54) is 28.1 Å². The molecule has 0 radical (unpaired) electrons. The summed E-state index contributed by atoms with van der Waals surface area (Å²) in [6.07, 6.45) is 1.36. The Morgan fingerprint density at radius 1 is 1.06 bits per heavy atom. The van der Waals surface area contributed by atoms with Crippen molar-refractivity contribution < 1.29 is 4.79 Å². The van der Waals surface area contributed by atoms with E-state index >= 15 is 0 Å². The van der Waals surface area contributed by atoms with Gasteiger partial charge in [0.25, 0.3) is 0 Å². The highest BCUT2D eigenvalue weighted by Crippen LogP contribution is 2.27. The van der Waals surface area contributed by atoms with Gasteiger partial charge in [-0.15, -0.1) is 10.2 Å². The van der Waals surface area contributed by atoms with Crippen LogP contribution in [-0.2, 0) is 18.3 Å². The van der Waals surface area contributed by atoms with Crippen LogP contribution in [0.5, 0.6) is 0 Å². The van der Waals surface area contributed by atoms with E-state index in [9.17, 15) is 4.79 Å². The molecule has 0 spiro atoms. The molecule has 0 saturated heterocycles. The van der Waals surface area contributed by atoms with Crippen LogP contribution in [0.2, 0.25) is 5.02 Å². The molecule has 0 saturated carbocycles. The highest BCUT2D eigenvalue weighted by Gasteiger charge is 2.22. The molecule has 0 aliphatic carbocycles. The van der Waals surface area contributed by atoms with Gasteiger partial charge < -0.3 is 9.88 Å². The Labute approximate surface area is 190 Å². The number of anilines is 1. The highest BCUT2D eigenvalue weighted by molar-refractivity contribution is 8.00. The van der Waals surface area contributed by atoms with Crippen LogP contribution in [-0.4, -0.2) is 25.9 Å². The van der Waals surface area contributed by atoms with Crippen LogP contribution >= 0.6 is 23.4 Å². The molecule has 0 aliphatic rings. The number of hydrogen-bond acceptors (Lipinski definition) is 4. The summed E-state index contributed by atoms with van der Waals surface area (Å²) in [5, 5.41) is 15.2. The largest absolute Gasteiger partial charge is 0.325 e. The van der Waals surface area contributed by atoms with Crippen LogP contribution in [0.25, 0.3) is 10.8 Å². The smallest absolute Gasteiger partial charge is 0.237 e. The first kappa shape index (κ1) is 21.4. The number of nitrogens with zero attached hydrogens (tertiary/aromatic N) is 3. The van der Waals surface area contributed by atoms with Crippen molar-refractivity contribution in [3.8, 4) is 0 Å². The first-order valence-electron chi connectivity index (χ1n) is 10.1. The second-order valence-corrected chi connectivity index (χ2v) is 8.89. The molecule has 0 bridgehead atoms. The number of rotatable bonds is 7. The van der Waals surface area contributed by atoms with Crippen LogP contribution in [0.15, 0.2) is 71.9 Å². The summed E-state index contributed by atoms with van der Waals surface area (Å²) in [7, 11) is 1.95. The van der Waals surface area contributed by atoms with Crippen molar-refractivity contribution in [3.63, 3.8) is 0 Å². The van der Waals surface area contributed by atoms with E-state index in [0.29, 0.717) is 17.9 Å². The van der Waals surface area contributed by atoms with Gasteiger partial charge in [0.1, 0.15) is 5.82 Å². The van der Waals surface area contributed by atoms with Crippen molar-refractivity contribution in [2.45, 2.75) is 30.2 Å². The van der Waals surface area contributed by atoms with E-state index in [2.05, 4.69) is 51.9 Å². The lowest BCUT2D eigenvalue weighted by Crippen LogP contribution is -2.25. The monoisotopic (exact) mass is 450 g/mol. The van der Waals surface area contributed by atoms with Crippen molar-refractivity contribution >= 4 is 45.7 Å². The van der Waals surface area contributed by atoms with Gasteiger partial charge in [-0.1, -0.05) is 72.8 Å². The van der Waals surface area contributed by atoms with Crippen LogP contribution in [0.1, 0.15) is 24.7 Å². The van der Waals surface area contributed by atoms with Gasteiger partial charge in [0, 0.05) is 24.2 Å². The first-order chi connectivity index (χ1) is 15.0. The van der Waals surface area contributed by atoms with Crippen molar-refractivity contribution in [1.29, 1.82) is 0 Å². The van der Waals surface area contributed by atoms with Crippen LogP contribution in [0.3, 0.4) is 0 Å². The number of carbonyl (C=O) groups excluding carboxylic acids is 1. The standard InChI is InChI=1S/C24H23ClN4OS/c1-3-21(23(30)26-19-13-11-18(25)12-14-19)31-24-28-27-22(29(24)2)15-17-9-6-8-16-7-4-5-10-20(16)17/h4-14,21H,3,15H2,1-2H3,(H,26,30)/t21-/m1/s1. The predicted octanol–water partition coefficient (Wildman–Crippen LogP) is 5.72. The normalized spacial score (nSPS) is 12.1. The van der Waals surface area contributed by atoms with Gasteiger partial charge in [-0.2, -0.15) is 0 Å². The molecular weight excluding hydrogens is 428 g/mol.